The molecule has 1 aliphatic rings. The van der Waals surface area contributed by atoms with E-state index < -0.39 is 0 Å². The van der Waals surface area contributed by atoms with Gasteiger partial charge in [0.25, 0.3) is 0 Å². The number of anilines is 1. The van der Waals surface area contributed by atoms with Crippen LogP contribution in [0.15, 0.2) is 42.7 Å². The molecular weight excluding hydrogens is 315 g/mol. The highest BCUT2D eigenvalue weighted by molar-refractivity contribution is 8.00. The zero-order valence-electron chi connectivity index (χ0n) is 10.3. The number of benzene rings is 1. The summed E-state index contributed by atoms with van der Waals surface area (Å²) >= 11 is 13.6. The van der Waals surface area contributed by atoms with Gasteiger partial charge in [0.2, 0.25) is 5.91 Å². The summed E-state index contributed by atoms with van der Waals surface area (Å²) in [6.45, 7) is 0. The van der Waals surface area contributed by atoms with E-state index in [1.54, 1.807) is 47.3 Å². The van der Waals surface area contributed by atoms with Crippen LogP contribution >= 0.6 is 35.0 Å². The van der Waals surface area contributed by atoms with E-state index in [9.17, 15) is 4.79 Å². The molecule has 0 N–H and O–H groups in total. The Kier molecular flexibility index (Phi) is 3.87. The van der Waals surface area contributed by atoms with Crippen LogP contribution in [0.1, 0.15) is 10.9 Å². The SMILES string of the molecule is O=C1CS[C@H](c2cccnc2)N1c1cc(Cl)cc(Cl)c1. The van der Waals surface area contributed by atoms with Crippen LogP contribution in [-0.4, -0.2) is 16.6 Å². The largest absolute Gasteiger partial charge is 0.295 e. The van der Waals surface area contributed by atoms with Crippen molar-refractivity contribution < 1.29 is 4.79 Å². The van der Waals surface area contributed by atoms with Gasteiger partial charge < -0.3 is 0 Å². The number of hydrogen-bond acceptors (Lipinski definition) is 3. The molecule has 0 bridgehead atoms. The summed E-state index contributed by atoms with van der Waals surface area (Å²) in [5.74, 6) is 0.478. The molecule has 1 amide bonds. The van der Waals surface area contributed by atoms with Crippen LogP contribution in [0.25, 0.3) is 0 Å². The Morgan fingerprint density at radius 1 is 1.25 bits per heavy atom. The van der Waals surface area contributed by atoms with Crippen molar-refractivity contribution in [2.24, 2.45) is 0 Å². The number of carbonyl (C=O) groups excluding carboxylic acids is 1. The molecular formula is C14H10Cl2N2OS. The van der Waals surface area contributed by atoms with E-state index in [0.29, 0.717) is 21.5 Å². The fourth-order valence-electron chi connectivity index (χ4n) is 2.15. The number of pyridine rings is 1. The first kappa shape index (κ1) is 13.7. The first-order valence-electron chi connectivity index (χ1n) is 5.95. The van der Waals surface area contributed by atoms with Crippen LogP contribution in [0.2, 0.25) is 10.0 Å². The number of aromatic nitrogens is 1. The van der Waals surface area contributed by atoms with Gasteiger partial charge in [0.05, 0.1) is 5.75 Å². The maximum absolute atomic E-state index is 12.2. The highest BCUT2D eigenvalue weighted by Crippen LogP contribution is 2.42. The fourth-order valence-corrected chi connectivity index (χ4v) is 3.82. The summed E-state index contributed by atoms with van der Waals surface area (Å²) in [7, 11) is 0. The Labute approximate surface area is 130 Å². The summed E-state index contributed by atoms with van der Waals surface area (Å²) in [5.41, 5.74) is 1.70. The maximum Gasteiger partial charge on any atom is 0.238 e. The van der Waals surface area contributed by atoms with Crippen LogP contribution < -0.4 is 4.90 Å². The minimum atomic E-state index is -0.0919. The van der Waals surface area contributed by atoms with E-state index in [2.05, 4.69) is 4.98 Å². The van der Waals surface area contributed by atoms with Gasteiger partial charge in [0.1, 0.15) is 5.37 Å². The molecule has 1 fully saturated rings. The molecule has 1 saturated heterocycles. The minimum Gasteiger partial charge on any atom is -0.295 e. The normalized spacial score (nSPS) is 18.6. The molecule has 1 atom stereocenters. The third kappa shape index (κ3) is 2.64. The van der Waals surface area contributed by atoms with E-state index in [1.807, 2.05) is 12.1 Å². The average Bonchev–Trinajstić information content (AvgIpc) is 2.80. The van der Waals surface area contributed by atoms with Crippen LogP contribution in [0.3, 0.4) is 0 Å². The second kappa shape index (κ2) is 5.64. The lowest BCUT2D eigenvalue weighted by atomic mass is 10.2. The van der Waals surface area contributed by atoms with E-state index in [0.717, 1.165) is 5.56 Å². The predicted molar refractivity (Wildman–Crippen MR) is 83.4 cm³/mol. The number of halogens is 2. The Balaban J connectivity index is 2.02. The van der Waals surface area contributed by atoms with Crippen LogP contribution in [0.5, 0.6) is 0 Å². The molecule has 2 aromatic rings. The van der Waals surface area contributed by atoms with Crippen molar-refractivity contribution in [2.75, 3.05) is 10.7 Å². The van der Waals surface area contributed by atoms with E-state index in [-0.39, 0.29) is 11.3 Å². The van der Waals surface area contributed by atoms with Crippen molar-refractivity contribution in [1.82, 2.24) is 4.98 Å². The highest BCUT2D eigenvalue weighted by atomic mass is 35.5. The van der Waals surface area contributed by atoms with E-state index in [1.165, 1.54) is 0 Å². The molecule has 1 aliphatic heterocycles. The smallest absolute Gasteiger partial charge is 0.238 e. The third-order valence-electron chi connectivity index (χ3n) is 2.96. The van der Waals surface area contributed by atoms with Gasteiger partial charge in [0, 0.05) is 33.7 Å². The molecule has 3 rings (SSSR count). The Morgan fingerprint density at radius 2 is 2.00 bits per heavy atom. The van der Waals surface area contributed by atoms with Crippen molar-refractivity contribution in [3.05, 3.63) is 58.3 Å². The number of rotatable bonds is 2. The molecule has 102 valence electrons. The molecule has 1 aromatic heterocycles. The summed E-state index contributed by atoms with van der Waals surface area (Å²) in [6, 6.07) is 8.98. The lowest BCUT2D eigenvalue weighted by Gasteiger charge is -2.24. The van der Waals surface area contributed by atoms with E-state index >= 15 is 0 Å². The number of thioether (sulfide) groups is 1. The first-order valence-corrected chi connectivity index (χ1v) is 7.75. The average molecular weight is 325 g/mol. The number of hydrogen-bond donors (Lipinski definition) is 0. The van der Waals surface area contributed by atoms with Crippen LogP contribution in [-0.2, 0) is 4.79 Å². The van der Waals surface area contributed by atoms with Crippen molar-refractivity contribution in [3.63, 3.8) is 0 Å². The molecule has 0 unspecified atom stereocenters. The van der Waals surface area contributed by atoms with Crippen LogP contribution in [0, 0.1) is 0 Å². The summed E-state index contributed by atoms with van der Waals surface area (Å²) < 4.78 is 0. The third-order valence-corrected chi connectivity index (χ3v) is 4.61. The maximum atomic E-state index is 12.2. The van der Waals surface area contributed by atoms with Gasteiger partial charge in [-0.15, -0.1) is 11.8 Å². The monoisotopic (exact) mass is 324 g/mol. The molecule has 1 aromatic carbocycles. The zero-order valence-corrected chi connectivity index (χ0v) is 12.6. The van der Waals surface area contributed by atoms with Crippen molar-refractivity contribution >= 4 is 46.6 Å². The van der Waals surface area contributed by atoms with Gasteiger partial charge in [-0.25, -0.2) is 0 Å². The minimum absolute atomic E-state index is 0.0437. The van der Waals surface area contributed by atoms with Crippen molar-refractivity contribution in [1.29, 1.82) is 0 Å². The Bertz CT molecular complexity index is 631. The van der Waals surface area contributed by atoms with Crippen LogP contribution in [0.4, 0.5) is 5.69 Å². The van der Waals surface area contributed by atoms with Gasteiger partial charge in [-0.1, -0.05) is 29.3 Å². The quantitative estimate of drug-likeness (QED) is 0.831. The summed E-state index contributed by atoms with van der Waals surface area (Å²) in [6.07, 6.45) is 3.49. The summed E-state index contributed by atoms with van der Waals surface area (Å²) in [4.78, 5) is 18.0. The predicted octanol–water partition coefficient (Wildman–Crippen LogP) is 4.17. The molecule has 2 heterocycles. The van der Waals surface area contributed by atoms with Crippen molar-refractivity contribution in [2.45, 2.75) is 5.37 Å². The van der Waals surface area contributed by atoms with E-state index in [4.69, 9.17) is 23.2 Å². The lowest BCUT2D eigenvalue weighted by molar-refractivity contribution is -0.115. The molecule has 0 radical (unpaired) electrons. The molecule has 6 heteroatoms. The second-order valence-electron chi connectivity index (χ2n) is 4.34. The lowest BCUT2D eigenvalue weighted by Crippen LogP contribution is -2.27. The van der Waals surface area contributed by atoms with Crippen molar-refractivity contribution in [3.8, 4) is 0 Å². The molecule has 0 aliphatic carbocycles. The summed E-state index contributed by atoms with van der Waals surface area (Å²) in [5, 5.41) is 0.940. The van der Waals surface area contributed by atoms with Gasteiger partial charge in [-0.3, -0.25) is 14.7 Å². The van der Waals surface area contributed by atoms with Gasteiger partial charge in [-0.05, 0) is 24.3 Å². The fraction of sp³-hybridized carbons (Fsp3) is 0.143. The number of nitrogens with zero attached hydrogens (tertiary/aromatic N) is 2. The van der Waals surface area contributed by atoms with Gasteiger partial charge in [-0.2, -0.15) is 0 Å². The Hall–Kier alpha value is -1.23. The Morgan fingerprint density at radius 3 is 2.65 bits per heavy atom. The van der Waals surface area contributed by atoms with Gasteiger partial charge in [0.15, 0.2) is 0 Å². The molecule has 20 heavy (non-hydrogen) atoms. The molecule has 0 saturated carbocycles. The standard InChI is InChI=1S/C14H10Cl2N2OS/c15-10-4-11(16)6-12(5-10)18-13(19)8-20-14(18)9-2-1-3-17-7-9/h1-7,14H,8H2/t14-/m1/s1. The number of carbonyl (C=O) groups is 1. The molecule has 0 spiro atoms. The first-order chi connectivity index (χ1) is 9.65. The topological polar surface area (TPSA) is 33.2 Å². The zero-order chi connectivity index (χ0) is 14.1. The number of amides is 1. The van der Waals surface area contributed by atoms with Gasteiger partial charge >= 0.3 is 0 Å². The second-order valence-corrected chi connectivity index (χ2v) is 6.28. The highest BCUT2D eigenvalue weighted by Gasteiger charge is 2.34. The molecule has 3 nitrogen and oxygen atoms in total.